The number of benzene rings is 2. The summed E-state index contributed by atoms with van der Waals surface area (Å²) in [6, 6.07) is 14.6. The minimum absolute atomic E-state index is 0.268. The fourth-order valence-electron chi connectivity index (χ4n) is 3.07. The summed E-state index contributed by atoms with van der Waals surface area (Å²) in [5.41, 5.74) is 0.0305. The third kappa shape index (κ3) is 3.41. The van der Waals surface area contributed by atoms with Crippen molar-refractivity contribution in [3.63, 3.8) is 0 Å². The van der Waals surface area contributed by atoms with Crippen molar-refractivity contribution in [2.75, 3.05) is 11.4 Å². The van der Waals surface area contributed by atoms with E-state index in [1.165, 1.54) is 11.0 Å². The summed E-state index contributed by atoms with van der Waals surface area (Å²) in [4.78, 5) is 26.7. The molecule has 0 saturated carbocycles. The van der Waals surface area contributed by atoms with E-state index in [0.29, 0.717) is 11.3 Å². The van der Waals surface area contributed by atoms with Gasteiger partial charge in [0.25, 0.3) is 5.91 Å². The molecule has 1 aliphatic rings. The zero-order valence-corrected chi connectivity index (χ0v) is 15.6. The number of carbonyl (C=O) groups excluding carboxylic acids is 2. The molecule has 0 saturated heterocycles. The first kappa shape index (κ1) is 18.3. The molecule has 0 spiro atoms. The van der Waals surface area contributed by atoms with Gasteiger partial charge in [-0.15, -0.1) is 6.58 Å². The molecule has 2 aromatic rings. The highest BCUT2D eigenvalue weighted by molar-refractivity contribution is 9.10. The first-order chi connectivity index (χ1) is 12.5. The van der Waals surface area contributed by atoms with Crippen molar-refractivity contribution in [3.8, 4) is 0 Å². The number of fused-ring (bicyclic) bond motifs is 1. The number of halogens is 1. The molecule has 5 heteroatoms. The van der Waals surface area contributed by atoms with Crippen molar-refractivity contribution in [1.82, 2.24) is 0 Å². The molecule has 0 aliphatic carbocycles. The normalized spacial score (nSPS) is 19.0. The van der Waals surface area contributed by atoms with E-state index in [-0.39, 0.29) is 18.7 Å². The lowest BCUT2D eigenvalue weighted by Crippen LogP contribution is -2.41. The van der Waals surface area contributed by atoms with E-state index in [2.05, 4.69) is 22.5 Å². The second-order valence-corrected chi connectivity index (χ2v) is 7.03. The van der Waals surface area contributed by atoms with Gasteiger partial charge in [0.15, 0.2) is 11.4 Å². The highest BCUT2D eigenvalue weighted by Crippen LogP contribution is 2.43. The quantitative estimate of drug-likeness (QED) is 0.580. The Hall–Kier alpha value is -2.50. The molecule has 0 fully saturated rings. The number of aliphatic hydroxyl groups is 1. The van der Waals surface area contributed by atoms with Gasteiger partial charge in [-0.05, 0) is 29.8 Å². The molecule has 0 unspecified atom stereocenters. The Balaban J connectivity index is 1.89. The van der Waals surface area contributed by atoms with Crippen LogP contribution < -0.4 is 4.90 Å². The monoisotopic (exact) mass is 411 g/mol. The van der Waals surface area contributed by atoms with Crippen LogP contribution in [0.15, 0.2) is 71.7 Å². The molecular formula is C21H18BrNO3. The van der Waals surface area contributed by atoms with Gasteiger partial charge in [-0.1, -0.05) is 58.4 Å². The first-order valence-electron chi connectivity index (χ1n) is 8.17. The van der Waals surface area contributed by atoms with Gasteiger partial charge in [0.2, 0.25) is 0 Å². The fraction of sp³-hybridized carbons (Fsp3) is 0.143. The molecule has 26 heavy (non-hydrogen) atoms. The molecule has 1 aliphatic heterocycles. The van der Waals surface area contributed by atoms with Crippen molar-refractivity contribution in [2.45, 2.75) is 12.0 Å². The lowest BCUT2D eigenvalue weighted by molar-refractivity contribution is -0.140. The molecule has 0 bridgehead atoms. The average Bonchev–Trinajstić information content (AvgIpc) is 2.83. The first-order valence-corrected chi connectivity index (χ1v) is 8.96. The predicted molar refractivity (Wildman–Crippen MR) is 106 cm³/mol. The van der Waals surface area contributed by atoms with E-state index in [4.69, 9.17) is 0 Å². The van der Waals surface area contributed by atoms with Gasteiger partial charge in [0, 0.05) is 16.6 Å². The third-order valence-corrected chi connectivity index (χ3v) is 4.79. The number of ketones is 1. The Labute approximate surface area is 160 Å². The lowest BCUT2D eigenvalue weighted by Gasteiger charge is -2.21. The highest BCUT2D eigenvalue weighted by Gasteiger charge is 2.50. The molecule has 132 valence electrons. The fourth-order valence-corrected chi connectivity index (χ4v) is 3.43. The number of nitrogens with zero attached hydrogens (tertiary/aromatic N) is 1. The summed E-state index contributed by atoms with van der Waals surface area (Å²) in [5.74, 6) is -0.831. The van der Waals surface area contributed by atoms with Crippen molar-refractivity contribution < 1.29 is 14.7 Å². The molecule has 4 nitrogen and oxygen atoms in total. The van der Waals surface area contributed by atoms with Crippen molar-refractivity contribution in [1.29, 1.82) is 0 Å². The van der Waals surface area contributed by atoms with Crippen LogP contribution in [-0.2, 0) is 15.2 Å². The Bertz CT molecular complexity index is 891. The number of amides is 1. The van der Waals surface area contributed by atoms with Gasteiger partial charge in [0.1, 0.15) is 0 Å². The number of anilines is 1. The maximum Gasteiger partial charge on any atom is 0.264 e. The third-order valence-electron chi connectivity index (χ3n) is 4.30. The van der Waals surface area contributed by atoms with Gasteiger partial charge in [0.05, 0.1) is 12.1 Å². The topological polar surface area (TPSA) is 57.6 Å². The van der Waals surface area contributed by atoms with E-state index < -0.39 is 11.5 Å². The molecule has 1 N–H and O–H groups in total. The van der Waals surface area contributed by atoms with Crippen LogP contribution in [0.2, 0.25) is 0 Å². The molecule has 1 atom stereocenters. The number of allylic oxidation sites excluding steroid dienone is 1. The van der Waals surface area contributed by atoms with Gasteiger partial charge >= 0.3 is 0 Å². The van der Waals surface area contributed by atoms with Crippen LogP contribution in [0, 0.1) is 0 Å². The number of hydrogen-bond donors (Lipinski definition) is 1. The average molecular weight is 412 g/mol. The SMILES string of the molecule is C=CCN1C(=O)[C@](O)(CC(=O)/C=C\c2ccccc2)c2cc(Br)ccc21. The maximum absolute atomic E-state index is 12.8. The summed E-state index contributed by atoms with van der Waals surface area (Å²) in [6.07, 6.45) is 4.35. The standard InChI is InChI=1S/C21H18BrNO3/c1-2-12-23-19-11-9-16(22)13-18(19)21(26,20(23)25)14-17(24)10-8-15-6-4-3-5-7-15/h2-11,13,26H,1,12,14H2/b10-8-/t21-/m0/s1. The van der Waals surface area contributed by atoms with E-state index >= 15 is 0 Å². The minimum Gasteiger partial charge on any atom is -0.375 e. The maximum atomic E-state index is 12.8. The highest BCUT2D eigenvalue weighted by atomic mass is 79.9. The lowest BCUT2D eigenvalue weighted by atomic mass is 9.89. The molecule has 1 heterocycles. The summed E-state index contributed by atoms with van der Waals surface area (Å²) in [6.45, 7) is 3.93. The van der Waals surface area contributed by atoms with Gasteiger partial charge < -0.3 is 10.0 Å². The minimum atomic E-state index is -1.87. The van der Waals surface area contributed by atoms with Crippen LogP contribution in [0.4, 0.5) is 5.69 Å². The predicted octanol–water partition coefficient (Wildman–Crippen LogP) is 3.84. The number of rotatable bonds is 6. The smallest absolute Gasteiger partial charge is 0.264 e. The van der Waals surface area contributed by atoms with E-state index in [9.17, 15) is 14.7 Å². The van der Waals surface area contributed by atoms with Crippen LogP contribution in [0.3, 0.4) is 0 Å². The van der Waals surface area contributed by atoms with E-state index in [1.807, 2.05) is 30.3 Å². The van der Waals surface area contributed by atoms with Crippen LogP contribution in [0.25, 0.3) is 6.08 Å². The van der Waals surface area contributed by atoms with Crippen molar-refractivity contribution >= 4 is 39.4 Å². The largest absolute Gasteiger partial charge is 0.375 e. The van der Waals surface area contributed by atoms with Gasteiger partial charge in [-0.25, -0.2) is 0 Å². The second-order valence-electron chi connectivity index (χ2n) is 6.11. The van der Waals surface area contributed by atoms with Crippen molar-refractivity contribution in [2.24, 2.45) is 0 Å². The number of hydrogen-bond acceptors (Lipinski definition) is 3. The van der Waals surface area contributed by atoms with Gasteiger partial charge in [-0.2, -0.15) is 0 Å². The Kier molecular flexibility index (Phi) is 5.20. The zero-order valence-electron chi connectivity index (χ0n) is 14.1. The summed E-state index contributed by atoms with van der Waals surface area (Å²) >= 11 is 3.36. The molecule has 2 aromatic carbocycles. The molecule has 0 radical (unpaired) electrons. The van der Waals surface area contributed by atoms with Crippen molar-refractivity contribution in [3.05, 3.63) is 82.9 Å². The summed E-state index contributed by atoms with van der Waals surface area (Å²) < 4.78 is 0.732. The van der Waals surface area contributed by atoms with Crippen LogP contribution in [-0.4, -0.2) is 23.3 Å². The Morgan fingerprint density at radius 3 is 2.65 bits per heavy atom. The van der Waals surface area contributed by atoms with E-state index in [0.717, 1.165) is 10.0 Å². The van der Waals surface area contributed by atoms with Crippen LogP contribution in [0.1, 0.15) is 17.5 Å². The number of carbonyl (C=O) groups is 2. The Morgan fingerprint density at radius 1 is 1.23 bits per heavy atom. The second kappa shape index (κ2) is 7.40. The molecule has 0 aromatic heterocycles. The molecule has 3 rings (SSSR count). The Morgan fingerprint density at radius 2 is 1.96 bits per heavy atom. The van der Waals surface area contributed by atoms with Crippen LogP contribution in [0.5, 0.6) is 0 Å². The van der Waals surface area contributed by atoms with E-state index in [1.54, 1.807) is 30.4 Å². The molecular weight excluding hydrogens is 394 g/mol. The van der Waals surface area contributed by atoms with Crippen LogP contribution >= 0.6 is 15.9 Å². The molecule has 1 amide bonds. The van der Waals surface area contributed by atoms with Gasteiger partial charge in [-0.3, -0.25) is 9.59 Å². The summed E-state index contributed by atoms with van der Waals surface area (Å²) in [5, 5.41) is 11.1. The zero-order chi connectivity index (χ0) is 18.7. The summed E-state index contributed by atoms with van der Waals surface area (Å²) in [7, 11) is 0.